The van der Waals surface area contributed by atoms with Gasteiger partial charge >= 0.3 is 0 Å². The smallest absolute Gasteiger partial charge is 0.0713 e. The molecule has 0 aromatic heterocycles. The first-order valence-corrected chi connectivity index (χ1v) is 7.23. The number of nitrogens with zero attached hydrogens (tertiary/aromatic N) is 1. The highest BCUT2D eigenvalue weighted by atomic mass is 16.5. The van der Waals surface area contributed by atoms with E-state index < -0.39 is 0 Å². The van der Waals surface area contributed by atoms with Crippen LogP contribution in [0.1, 0.15) is 22.7 Å². The Hall–Kier alpha value is -1.84. The SMILES string of the molecule is COCc1ccc(C(CN)N(C)c2ccc(C)cc2)cc1. The van der Waals surface area contributed by atoms with E-state index in [1.54, 1.807) is 7.11 Å². The molecule has 2 rings (SSSR count). The van der Waals surface area contributed by atoms with Gasteiger partial charge in [0.1, 0.15) is 0 Å². The average Bonchev–Trinajstić information content (AvgIpc) is 2.50. The molecule has 0 aliphatic rings. The quantitative estimate of drug-likeness (QED) is 0.884. The fourth-order valence-corrected chi connectivity index (χ4v) is 2.48. The fraction of sp³-hybridized carbons (Fsp3) is 0.333. The van der Waals surface area contributed by atoms with Crippen molar-refractivity contribution >= 4 is 5.69 Å². The molecule has 2 N–H and O–H groups in total. The fourth-order valence-electron chi connectivity index (χ4n) is 2.48. The van der Waals surface area contributed by atoms with Crippen LogP contribution in [0.3, 0.4) is 0 Å². The lowest BCUT2D eigenvalue weighted by atomic mass is 10.0. The summed E-state index contributed by atoms with van der Waals surface area (Å²) in [5, 5.41) is 0. The zero-order valence-electron chi connectivity index (χ0n) is 13.0. The Kier molecular flexibility index (Phi) is 5.37. The molecule has 1 unspecified atom stereocenters. The van der Waals surface area contributed by atoms with E-state index in [0.717, 1.165) is 0 Å². The minimum Gasteiger partial charge on any atom is -0.380 e. The van der Waals surface area contributed by atoms with E-state index in [-0.39, 0.29) is 6.04 Å². The first-order chi connectivity index (χ1) is 10.2. The third-order valence-electron chi connectivity index (χ3n) is 3.81. The van der Waals surface area contributed by atoms with E-state index in [1.165, 1.54) is 22.4 Å². The molecule has 0 aliphatic heterocycles. The number of nitrogens with two attached hydrogens (primary N) is 1. The van der Waals surface area contributed by atoms with Gasteiger partial charge < -0.3 is 15.4 Å². The van der Waals surface area contributed by atoms with Crippen molar-refractivity contribution in [2.45, 2.75) is 19.6 Å². The van der Waals surface area contributed by atoms with E-state index in [9.17, 15) is 0 Å². The van der Waals surface area contributed by atoms with Gasteiger partial charge in [-0.3, -0.25) is 0 Å². The lowest BCUT2D eigenvalue weighted by Crippen LogP contribution is -2.30. The van der Waals surface area contributed by atoms with Crippen molar-refractivity contribution < 1.29 is 4.74 Å². The third kappa shape index (κ3) is 3.84. The van der Waals surface area contributed by atoms with Gasteiger partial charge in [-0.2, -0.15) is 0 Å². The molecule has 0 aliphatic carbocycles. The summed E-state index contributed by atoms with van der Waals surface area (Å²) in [6.45, 7) is 3.31. The zero-order chi connectivity index (χ0) is 15.2. The Bertz CT molecular complexity index is 548. The Morgan fingerprint density at radius 2 is 1.67 bits per heavy atom. The summed E-state index contributed by atoms with van der Waals surface area (Å²) in [6.07, 6.45) is 0. The van der Waals surface area contributed by atoms with Crippen molar-refractivity contribution in [3.05, 3.63) is 65.2 Å². The number of benzene rings is 2. The third-order valence-corrected chi connectivity index (χ3v) is 3.81. The number of likely N-dealkylation sites (N-methyl/N-ethyl adjacent to an activating group) is 1. The molecule has 0 fully saturated rings. The molecule has 0 radical (unpaired) electrons. The Morgan fingerprint density at radius 1 is 1.05 bits per heavy atom. The van der Waals surface area contributed by atoms with Crippen LogP contribution < -0.4 is 10.6 Å². The number of ether oxygens (including phenoxy) is 1. The second-order valence-corrected chi connectivity index (χ2v) is 5.37. The monoisotopic (exact) mass is 284 g/mol. The molecule has 0 amide bonds. The molecule has 0 bridgehead atoms. The molecule has 2 aromatic carbocycles. The molecular weight excluding hydrogens is 260 g/mol. The molecule has 21 heavy (non-hydrogen) atoms. The molecule has 0 heterocycles. The summed E-state index contributed by atoms with van der Waals surface area (Å²) in [5.41, 5.74) is 10.8. The van der Waals surface area contributed by atoms with Crippen LogP contribution in [0, 0.1) is 6.92 Å². The average molecular weight is 284 g/mol. The van der Waals surface area contributed by atoms with Crippen molar-refractivity contribution in [2.75, 3.05) is 25.6 Å². The van der Waals surface area contributed by atoms with Crippen molar-refractivity contribution in [1.29, 1.82) is 0 Å². The maximum atomic E-state index is 6.00. The van der Waals surface area contributed by atoms with Gasteiger partial charge in [-0.05, 0) is 30.2 Å². The number of hydrogen-bond donors (Lipinski definition) is 1. The van der Waals surface area contributed by atoms with Gasteiger partial charge in [-0.15, -0.1) is 0 Å². The molecule has 0 saturated heterocycles. The van der Waals surface area contributed by atoms with E-state index >= 15 is 0 Å². The van der Waals surface area contributed by atoms with Gasteiger partial charge in [0.25, 0.3) is 0 Å². The molecule has 2 aromatic rings. The van der Waals surface area contributed by atoms with Crippen molar-refractivity contribution in [3.63, 3.8) is 0 Å². The molecule has 3 heteroatoms. The predicted molar refractivity (Wildman–Crippen MR) is 88.5 cm³/mol. The highest BCUT2D eigenvalue weighted by Gasteiger charge is 2.15. The second-order valence-electron chi connectivity index (χ2n) is 5.37. The maximum Gasteiger partial charge on any atom is 0.0713 e. The van der Waals surface area contributed by atoms with Gasteiger partial charge in [-0.1, -0.05) is 42.0 Å². The Labute approximate surface area is 127 Å². The standard InChI is InChI=1S/C18H24N2O/c1-14-4-10-17(11-5-14)20(2)18(12-19)16-8-6-15(7-9-16)13-21-3/h4-11,18H,12-13,19H2,1-3H3. The Balaban J connectivity index is 2.19. The zero-order valence-corrected chi connectivity index (χ0v) is 13.0. The first kappa shape index (κ1) is 15.5. The van der Waals surface area contributed by atoms with Gasteiger partial charge in [0.05, 0.1) is 12.6 Å². The predicted octanol–water partition coefficient (Wildman–Crippen LogP) is 3.28. The van der Waals surface area contributed by atoms with Crippen molar-refractivity contribution in [3.8, 4) is 0 Å². The number of rotatable bonds is 6. The highest BCUT2D eigenvalue weighted by Crippen LogP contribution is 2.25. The molecular formula is C18H24N2O. The molecule has 112 valence electrons. The van der Waals surface area contributed by atoms with Gasteiger partial charge in [0.2, 0.25) is 0 Å². The first-order valence-electron chi connectivity index (χ1n) is 7.23. The second kappa shape index (κ2) is 7.25. The van der Waals surface area contributed by atoms with Crippen LogP contribution in [0.25, 0.3) is 0 Å². The number of methoxy groups -OCH3 is 1. The van der Waals surface area contributed by atoms with Crippen LogP contribution >= 0.6 is 0 Å². The van der Waals surface area contributed by atoms with Crippen LogP contribution in [0.5, 0.6) is 0 Å². The molecule has 3 nitrogen and oxygen atoms in total. The number of aryl methyl sites for hydroxylation is 1. The van der Waals surface area contributed by atoms with Gasteiger partial charge in [0.15, 0.2) is 0 Å². The summed E-state index contributed by atoms with van der Waals surface area (Å²) in [4.78, 5) is 2.23. The van der Waals surface area contributed by atoms with E-state index in [0.29, 0.717) is 13.2 Å². The van der Waals surface area contributed by atoms with Crippen LogP contribution in [0.15, 0.2) is 48.5 Å². The van der Waals surface area contributed by atoms with Gasteiger partial charge in [-0.25, -0.2) is 0 Å². The Morgan fingerprint density at radius 3 is 2.19 bits per heavy atom. The molecule has 0 saturated carbocycles. The number of anilines is 1. The maximum absolute atomic E-state index is 6.00. The molecule has 0 spiro atoms. The van der Waals surface area contributed by atoms with E-state index in [2.05, 4.69) is 67.4 Å². The lowest BCUT2D eigenvalue weighted by Gasteiger charge is -2.29. The minimum absolute atomic E-state index is 0.171. The van der Waals surface area contributed by atoms with Crippen LogP contribution in [0.2, 0.25) is 0 Å². The van der Waals surface area contributed by atoms with Crippen LogP contribution in [0.4, 0.5) is 5.69 Å². The van der Waals surface area contributed by atoms with E-state index in [1.807, 2.05) is 0 Å². The minimum atomic E-state index is 0.171. The van der Waals surface area contributed by atoms with Gasteiger partial charge in [0, 0.05) is 26.4 Å². The summed E-state index contributed by atoms with van der Waals surface area (Å²) in [5.74, 6) is 0. The summed E-state index contributed by atoms with van der Waals surface area (Å²) in [6, 6.07) is 17.2. The van der Waals surface area contributed by atoms with Crippen molar-refractivity contribution in [2.24, 2.45) is 5.73 Å². The normalized spacial score (nSPS) is 12.2. The lowest BCUT2D eigenvalue weighted by molar-refractivity contribution is 0.185. The largest absolute Gasteiger partial charge is 0.380 e. The summed E-state index contributed by atoms with van der Waals surface area (Å²) in [7, 11) is 3.80. The van der Waals surface area contributed by atoms with Crippen LogP contribution in [-0.4, -0.2) is 20.7 Å². The van der Waals surface area contributed by atoms with E-state index in [4.69, 9.17) is 10.5 Å². The molecule has 1 atom stereocenters. The number of hydrogen-bond acceptors (Lipinski definition) is 3. The van der Waals surface area contributed by atoms with Crippen molar-refractivity contribution in [1.82, 2.24) is 0 Å². The summed E-state index contributed by atoms with van der Waals surface area (Å²) >= 11 is 0. The van der Waals surface area contributed by atoms with Crippen LogP contribution in [-0.2, 0) is 11.3 Å². The summed E-state index contributed by atoms with van der Waals surface area (Å²) < 4.78 is 5.15. The highest BCUT2D eigenvalue weighted by molar-refractivity contribution is 5.49. The topological polar surface area (TPSA) is 38.5 Å².